The Kier molecular flexibility index (Phi) is 4.29. The van der Waals surface area contributed by atoms with E-state index in [2.05, 4.69) is 17.0 Å². The Balaban J connectivity index is 1.39. The van der Waals surface area contributed by atoms with Gasteiger partial charge >= 0.3 is 0 Å². The van der Waals surface area contributed by atoms with E-state index in [0.717, 1.165) is 41.2 Å². The van der Waals surface area contributed by atoms with Crippen molar-refractivity contribution in [1.82, 2.24) is 4.90 Å². The molecule has 1 aliphatic heterocycles. The molecule has 0 bridgehead atoms. The third-order valence-corrected chi connectivity index (χ3v) is 5.12. The summed E-state index contributed by atoms with van der Waals surface area (Å²) in [7, 11) is 1.66. The monoisotopic (exact) mass is 350 g/mol. The summed E-state index contributed by atoms with van der Waals surface area (Å²) in [6.07, 6.45) is 2.56. The van der Waals surface area contributed by atoms with Gasteiger partial charge in [-0.2, -0.15) is 0 Å². The molecule has 1 heterocycles. The second-order valence-electron chi connectivity index (χ2n) is 6.71. The van der Waals surface area contributed by atoms with E-state index in [1.807, 2.05) is 29.2 Å². The summed E-state index contributed by atoms with van der Waals surface area (Å²) in [5.41, 5.74) is 4.01. The number of amides is 1. The minimum Gasteiger partial charge on any atom is -0.508 e. The summed E-state index contributed by atoms with van der Waals surface area (Å²) in [5.74, 6) is 1.19. The maximum Gasteiger partial charge on any atom is 0.250 e. The lowest BCUT2D eigenvalue weighted by Crippen LogP contribution is -2.49. The summed E-state index contributed by atoms with van der Waals surface area (Å²) in [4.78, 5) is 17.1. The lowest BCUT2D eigenvalue weighted by molar-refractivity contribution is -0.127. The van der Waals surface area contributed by atoms with E-state index in [-0.39, 0.29) is 11.7 Å². The van der Waals surface area contributed by atoms with Crippen LogP contribution in [0.1, 0.15) is 11.1 Å². The van der Waals surface area contributed by atoms with Crippen molar-refractivity contribution < 1.29 is 14.6 Å². The largest absolute Gasteiger partial charge is 0.508 e. The van der Waals surface area contributed by atoms with Crippen LogP contribution in [0.4, 0.5) is 5.69 Å². The third kappa shape index (κ3) is 3.12. The number of methoxy groups -OCH3 is 1. The number of benzene rings is 2. The molecule has 2 aromatic carbocycles. The molecule has 0 saturated carbocycles. The van der Waals surface area contributed by atoms with Gasteiger partial charge in [0.2, 0.25) is 5.91 Å². The third-order valence-electron chi connectivity index (χ3n) is 5.12. The predicted molar refractivity (Wildman–Crippen MR) is 102 cm³/mol. The molecule has 1 aliphatic carbocycles. The minimum absolute atomic E-state index is 0.107. The van der Waals surface area contributed by atoms with E-state index in [0.29, 0.717) is 19.5 Å². The fraction of sp³-hybridized carbons (Fsp3) is 0.286. The first-order valence-corrected chi connectivity index (χ1v) is 8.85. The van der Waals surface area contributed by atoms with Crippen LogP contribution in [0.15, 0.2) is 48.0 Å². The Morgan fingerprint density at radius 1 is 1.04 bits per heavy atom. The number of piperazine rings is 1. The van der Waals surface area contributed by atoms with Crippen molar-refractivity contribution in [3.05, 3.63) is 59.2 Å². The van der Waals surface area contributed by atoms with Gasteiger partial charge in [-0.1, -0.05) is 6.07 Å². The average molecular weight is 350 g/mol. The molecule has 1 amide bonds. The molecule has 26 heavy (non-hydrogen) atoms. The normalized spacial score (nSPS) is 16.3. The number of phenolic OH excluding ortho intramolecular Hbond substituents is 1. The highest BCUT2D eigenvalue weighted by atomic mass is 16.5. The van der Waals surface area contributed by atoms with Gasteiger partial charge in [0.05, 0.1) is 7.11 Å². The molecule has 0 unspecified atom stereocenters. The fourth-order valence-corrected chi connectivity index (χ4v) is 3.62. The summed E-state index contributed by atoms with van der Waals surface area (Å²) < 4.78 is 5.20. The van der Waals surface area contributed by atoms with Crippen molar-refractivity contribution >= 4 is 17.7 Å². The van der Waals surface area contributed by atoms with Gasteiger partial charge in [0, 0.05) is 43.9 Å². The minimum atomic E-state index is 0.107. The number of phenols is 1. The topological polar surface area (TPSA) is 53.0 Å². The van der Waals surface area contributed by atoms with Crippen LogP contribution in [0.5, 0.6) is 11.5 Å². The van der Waals surface area contributed by atoms with E-state index in [4.69, 9.17) is 4.74 Å². The summed E-state index contributed by atoms with van der Waals surface area (Å²) in [5, 5.41) is 9.60. The number of fused-ring (bicyclic) bond motifs is 1. The molecule has 1 N–H and O–H groups in total. The summed E-state index contributed by atoms with van der Waals surface area (Å²) in [6.45, 7) is 3.06. The quantitative estimate of drug-likeness (QED) is 0.925. The van der Waals surface area contributed by atoms with Crippen molar-refractivity contribution in [3.63, 3.8) is 0 Å². The van der Waals surface area contributed by atoms with Gasteiger partial charge in [0.25, 0.3) is 0 Å². The van der Waals surface area contributed by atoms with E-state index >= 15 is 0 Å². The van der Waals surface area contributed by atoms with Crippen molar-refractivity contribution in [2.75, 3.05) is 38.2 Å². The molecule has 2 aliphatic rings. The van der Waals surface area contributed by atoms with Gasteiger partial charge in [-0.15, -0.1) is 0 Å². The van der Waals surface area contributed by atoms with Crippen LogP contribution in [0.3, 0.4) is 0 Å². The molecule has 4 rings (SSSR count). The van der Waals surface area contributed by atoms with Crippen molar-refractivity contribution in [1.29, 1.82) is 0 Å². The number of carbonyl (C=O) groups is 1. The fourth-order valence-electron chi connectivity index (χ4n) is 3.62. The van der Waals surface area contributed by atoms with Gasteiger partial charge in [0.15, 0.2) is 0 Å². The highest BCUT2D eigenvalue weighted by Gasteiger charge is 2.26. The predicted octanol–water partition coefficient (Wildman–Crippen LogP) is 2.69. The van der Waals surface area contributed by atoms with Gasteiger partial charge in [-0.25, -0.2) is 0 Å². The summed E-state index contributed by atoms with van der Waals surface area (Å²) >= 11 is 0. The van der Waals surface area contributed by atoms with E-state index < -0.39 is 0 Å². The maximum atomic E-state index is 12.8. The number of rotatable bonds is 3. The van der Waals surface area contributed by atoms with Gasteiger partial charge < -0.3 is 19.6 Å². The van der Waals surface area contributed by atoms with Crippen molar-refractivity contribution in [3.8, 4) is 11.5 Å². The number of hydrogen-bond acceptors (Lipinski definition) is 4. The van der Waals surface area contributed by atoms with E-state index in [9.17, 15) is 9.90 Å². The Hall–Kier alpha value is -2.95. The Morgan fingerprint density at radius 2 is 1.77 bits per heavy atom. The molecular formula is C21H22N2O3. The number of aromatic hydroxyl groups is 1. The Bertz CT molecular complexity index is 850. The van der Waals surface area contributed by atoms with E-state index in [1.54, 1.807) is 19.2 Å². The maximum absolute atomic E-state index is 12.8. The second kappa shape index (κ2) is 6.75. The molecule has 1 saturated heterocycles. The second-order valence-corrected chi connectivity index (χ2v) is 6.71. The van der Waals surface area contributed by atoms with Crippen LogP contribution in [-0.4, -0.2) is 49.2 Å². The number of nitrogens with zero attached hydrogens (tertiary/aromatic N) is 2. The molecular weight excluding hydrogens is 328 g/mol. The zero-order valence-electron chi connectivity index (χ0n) is 14.8. The zero-order valence-corrected chi connectivity index (χ0v) is 14.8. The first-order valence-electron chi connectivity index (χ1n) is 8.85. The SMILES string of the molecule is COc1ccc(N2CCN(C(=O)C3=Cc4cc(O)ccc4C3)CC2)cc1. The standard InChI is InChI=1S/C21H22N2O3/c1-26-20-6-3-18(4-7-20)22-8-10-23(11-9-22)21(25)17-12-15-2-5-19(24)14-16(15)13-17/h2-7,13-14,24H,8-12H2,1H3. The number of ether oxygens (including phenoxy) is 1. The number of carbonyl (C=O) groups excluding carboxylic acids is 1. The van der Waals surface area contributed by atoms with Crippen LogP contribution >= 0.6 is 0 Å². The highest BCUT2D eigenvalue weighted by molar-refractivity contribution is 6.00. The number of anilines is 1. The smallest absolute Gasteiger partial charge is 0.250 e. The molecule has 0 radical (unpaired) electrons. The van der Waals surface area contributed by atoms with Crippen LogP contribution < -0.4 is 9.64 Å². The number of hydrogen-bond donors (Lipinski definition) is 1. The lowest BCUT2D eigenvalue weighted by atomic mass is 10.1. The van der Waals surface area contributed by atoms with Crippen LogP contribution in [0, 0.1) is 0 Å². The molecule has 5 nitrogen and oxygen atoms in total. The van der Waals surface area contributed by atoms with Crippen LogP contribution in [-0.2, 0) is 11.2 Å². The molecule has 0 aromatic heterocycles. The van der Waals surface area contributed by atoms with Gasteiger partial charge in [-0.05, 0) is 53.6 Å². The first-order chi connectivity index (χ1) is 12.6. The molecule has 134 valence electrons. The van der Waals surface area contributed by atoms with Crippen LogP contribution in [0.25, 0.3) is 6.08 Å². The van der Waals surface area contributed by atoms with Gasteiger partial charge in [-0.3, -0.25) is 4.79 Å². The Labute approximate surface area is 153 Å². The van der Waals surface area contributed by atoms with Crippen molar-refractivity contribution in [2.45, 2.75) is 6.42 Å². The van der Waals surface area contributed by atoms with Crippen LogP contribution in [0.2, 0.25) is 0 Å². The van der Waals surface area contributed by atoms with E-state index in [1.165, 1.54) is 0 Å². The van der Waals surface area contributed by atoms with Crippen molar-refractivity contribution in [2.24, 2.45) is 0 Å². The Morgan fingerprint density at radius 3 is 2.46 bits per heavy atom. The molecule has 1 fully saturated rings. The lowest BCUT2D eigenvalue weighted by Gasteiger charge is -2.36. The zero-order chi connectivity index (χ0) is 18.1. The molecule has 5 heteroatoms. The van der Waals surface area contributed by atoms with Gasteiger partial charge in [0.1, 0.15) is 11.5 Å². The average Bonchev–Trinajstić information content (AvgIpc) is 3.11. The highest BCUT2D eigenvalue weighted by Crippen LogP contribution is 2.29. The summed E-state index contributed by atoms with van der Waals surface area (Å²) in [6, 6.07) is 13.3. The molecule has 0 spiro atoms. The first kappa shape index (κ1) is 16.5. The molecule has 0 atom stereocenters. The molecule has 2 aromatic rings.